The van der Waals surface area contributed by atoms with E-state index in [0.717, 1.165) is 0 Å². The second kappa shape index (κ2) is 6.84. The molecule has 0 amide bonds. The van der Waals surface area contributed by atoms with E-state index in [4.69, 9.17) is 5.11 Å². The molecular formula is C12H14OTe. The van der Waals surface area contributed by atoms with Crippen molar-refractivity contribution in [2.75, 3.05) is 6.61 Å². The summed E-state index contributed by atoms with van der Waals surface area (Å²) in [6.07, 6.45) is 5.65. The molecule has 0 saturated heterocycles. The van der Waals surface area contributed by atoms with Crippen LogP contribution in [0.25, 0.3) is 0 Å². The normalized spacial score (nSPS) is 11.6. The Morgan fingerprint density at radius 1 is 1.29 bits per heavy atom. The number of benzene rings is 1. The maximum absolute atomic E-state index is 8.52. The van der Waals surface area contributed by atoms with Crippen molar-refractivity contribution in [2.24, 2.45) is 0 Å². The third-order valence-corrected chi connectivity index (χ3v) is 4.59. The Balaban J connectivity index is 2.49. The molecule has 0 atom stereocenters. The molecule has 0 spiro atoms. The molecule has 0 aliphatic carbocycles. The average Bonchev–Trinajstić information content (AvgIpc) is 2.20. The molecule has 1 aromatic rings. The van der Waals surface area contributed by atoms with E-state index >= 15 is 0 Å². The molecule has 0 aliphatic heterocycles. The van der Waals surface area contributed by atoms with Crippen LogP contribution < -0.4 is 3.61 Å². The van der Waals surface area contributed by atoms with Crippen LogP contribution in [-0.4, -0.2) is 32.6 Å². The van der Waals surface area contributed by atoms with E-state index in [2.05, 4.69) is 35.3 Å². The van der Waals surface area contributed by atoms with Gasteiger partial charge >= 0.3 is 95.4 Å². The van der Waals surface area contributed by atoms with E-state index in [0.29, 0.717) is 0 Å². The molecule has 0 aromatic heterocycles. The topological polar surface area (TPSA) is 20.2 Å². The Hall–Kier alpha value is -0.550. The zero-order chi connectivity index (χ0) is 10.2. The molecule has 1 rings (SSSR count). The van der Waals surface area contributed by atoms with E-state index in [9.17, 15) is 0 Å². The zero-order valence-corrected chi connectivity index (χ0v) is 10.5. The van der Waals surface area contributed by atoms with Gasteiger partial charge < -0.3 is 0 Å². The predicted molar refractivity (Wildman–Crippen MR) is 61.9 cm³/mol. The van der Waals surface area contributed by atoms with Gasteiger partial charge in [-0.1, -0.05) is 0 Å². The van der Waals surface area contributed by atoms with Gasteiger partial charge in [0.1, 0.15) is 0 Å². The van der Waals surface area contributed by atoms with Gasteiger partial charge in [0.05, 0.1) is 0 Å². The molecule has 2 heteroatoms. The van der Waals surface area contributed by atoms with Crippen molar-refractivity contribution >= 4 is 24.5 Å². The van der Waals surface area contributed by atoms with Crippen LogP contribution in [0, 0.1) is 6.92 Å². The summed E-state index contributed by atoms with van der Waals surface area (Å²) in [5.41, 5.74) is 1.38. The van der Waals surface area contributed by atoms with Crippen molar-refractivity contribution in [3.63, 3.8) is 0 Å². The number of hydrogen-bond acceptors (Lipinski definition) is 1. The first-order valence-electron chi connectivity index (χ1n) is 4.49. The monoisotopic (exact) mass is 304 g/mol. The molecule has 1 N–H and O–H groups in total. The predicted octanol–water partition coefficient (Wildman–Crippen LogP) is 1.39. The summed E-state index contributed by atoms with van der Waals surface area (Å²) >= 11 is -0.203. The van der Waals surface area contributed by atoms with Gasteiger partial charge in [-0.15, -0.1) is 0 Å². The van der Waals surface area contributed by atoms with Crippen LogP contribution >= 0.6 is 0 Å². The Morgan fingerprint density at radius 3 is 2.79 bits per heavy atom. The Labute approximate surface area is 95.2 Å². The van der Waals surface area contributed by atoms with Crippen LogP contribution in [0.4, 0.5) is 0 Å². The van der Waals surface area contributed by atoms with Gasteiger partial charge in [-0.2, -0.15) is 0 Å². The quantitative estimate of drug-likeness (QED) is 0.658. The molecule has 0 heterocycles. The van der Waals surface area contributed by atoms with Crippen molar-refractivity contribution < 1.29 is 5.11 Å². The van der Waals surface area contributed by atoms with Crippen LogP contribution in [0.15, 0.2) is 46.6 Å². The summed E-state index contributed by atoms with van der Waals surface area (Å²) < 4.78 is 3.70. The van der Waals surface area contributed by atoms with Gasteiger partial charge in [-0.3, -0.25) is 0 Å². The fourth-order valence-corrected chi connectivity index (χ4v) is 3.06. The van der Waals surface area contributed by atoms with Crippen LogP contribution in [0.2, 0.25) is 0 Å². The number of rotatable bonds is 4. The van der Waals surface area contributed by atoms with Gasteiger partial charge in [0.15, 0.2) is 0 Å². The van der Waals surface area contributed by atoms with E-state index in [1.807, 2.05) is 12.2 Å². The molecule has 0 saturated carbocycles. The average molecular weight is 302 g/mol. The number of aliphatic hydroxyl groups excluding tert-OH is 1. The second-order valence-electron chi connectivity index (χ2n) is 2.82. The minimum absolute atomic E-state index is 0.120. The first-order chi connectivity index (χ1) is 6.84. The maximum atomic E-state index is 8.52. The Bertz CT molecular complexity index is 329. The van der Waals surface area contributed by atoms with E-state index in [-0.39, 0.29) is 27.5 Å². The van der Waals surface area contributed by atoms with Gasteiger partial charge in [-0.25, -0.2) is 0 Å². The van der Waals surface area contributed by atoms with Gasteiger partial charge in [0, 0.05) is 0 Å². The molecule has 0 unspecified atom stereocenters. The molecule has 1 aromatic carbocycles. The minimum atomic E-state index is -0.203. The number of aryl methyl sites for hydroxylation is 1. The van der Waals surface area contributed by atoms with Crippen molar-refractivity contribution in [1.82, 2.24) is 0 Å². The molecule has 0 radical (unpaired) electrons. The van der Waals surface area contributed by atoms with Crippen molar-refractivity contribution in [3.8, 4) is 0 Å². The SMILES string of the molecule is Cc1ccccc1[Te]/C=C\C=C/CO. The summed E-state index contributed by atoms with van der Waals surface area (Å²) in [7, 11) is 0. The molecule has 74 valence electrons. The number of aliphatic hydroxyl groups is 1. The van der Waals surface area contributed by atoms with Gasteiger partial charge in [0.2, 0.25) is 0 Å². The first-order valence-corrected chi connectivity index (χ1v) is 7.00. The molecule has 14 heavy (non-hydrogen) atoms. The zero-order valence-electron chi connectivity index (χ0n) is 8.18. The standard InChI is InChI=1S/C12H14OTe/c1-11-7-3-4-8-12(11)14-10-6-2-5-9-13/h2-8,10,13H,9H2,1H3/b5-2-,10-6-. The summed E-state index contributed by atoms with van der Waals surface area (Å²) in [6, 6.07) is 8.50. The fourth-order valence-electron chi connectivity index (χ4n) is 0.986. The summed E-state index contributed by atoms with van der Waals surface area (Å²) in [5.74, 6) is 0. The van der Waals surface area contributed by atoms with E-state index < -0.39 is 0 Å². The van der Waals surface area contributed by atoms with Crippen LogP contribution in [0.5, 0.6) is 0 Å². The molecule has 0 aliphatic rings. The van der Waals surface area contributed by atoms with Gasteiger partial charge in [0.25, 0.3) is 0 Å². The second-order valence-corrected chi connectivity index (χ2v) is 5.53. The van der Waals surface area contributed by atoms with E-state index in [1.165, 1.54) is 9.17 Å². The van der Waals surface area contributed by atoms with Crippen LogP contribution in [0.3, 0.4) is 0 Å². The summed E-state index contributed by atoms with van der Waals surface area (Å²) in [4.78, 5) is 0. The third kappa shape index (κ3) is 4.11. The molecule has 0 fully saturated rings. The summed E-state index contributed by atoms with van der Waals surface area (Å²) in [6.45, 7) is 2.27. The van der Waals surface area contributed by atoms with Crippen molar-refractivity contribution in [3.05, 3.63) is 52.2 Å². The molecular weight excluding hydrogens is 288 g/mol. The van der Waals surface area contributed by atoms with Crippen molar-refractivity contribution in [1.29, 1.82) is 0 Å². The fraction of sp³-hybridized carbons (Fsp3) is 0.167. The van der Waals surface area contributed by atoms with E-state index in [1.54, 1.807) is 6.08 Å². The summed E-state index contributed by atoms with van der Waals surface area (Å²) in [5, 5.41) is 8.52. The number of hydrogen-bond donors (Lipinski definition) is 1. The first kappa shape index (κ1) is 11.5. The van der Waals surface area contributed by atoms with Crippen LogP contribution in [0.1, 0.15) is 5.56 Å². The van der Waals surface area contributed by atoms with Crippen molar-refractivity contribution in [2.45, 2.75) is 6.92 Å². The number of allylic oxidation sites excluding steroid dienone is 2. The van der Waals surface area contributed by atoms with Gasteiger partial charge in [-0.05, 0) is 0 Å². The molecule has 1 nitrogen and oxygen atoms in total. The molecule has 0 bridgehead atoms. The Morgan fingerprint density at radius 2 is 2.07 bits per heavy atom. The van der Waals surface area contributed by atoms with Crippen LogP contribution in [-0.2, 0) is 0 Å². The third-order valence-electron chi connectivity index (χ3n) is 1.72. The Kier molecular flexibility index (Phi) is 5.63.